The first-order chi connectivity index (χ1) is 7.72. The van der Waals surface area contributed by atoms with Gasteiger partial charge in [-0.05, 0) is 39.7 Å². The minimum Gasteiger partial charge on any atom is -0.205 e. The van der Waals surface area contributed by atoms with Crippen LogP contribution in [0.4, 0.5) is 4.39 Å². The molecule has 0 heterocycles. The molecule has 0 unspecified atom stereocenters. The van der Waals surface area contributed by atoms with Crippen LogP contribution in [0.3, 0.4) is 0 Å². The average Bonchev–Trinajstić information content (AvgIpc) is 2.33. The molecule has 0 radical (unpaired) electrons. The van der Waals surface area contributed by atoms with Gasteiger partial charge < -0.3 is 0 Å². The summed E-state index contributed by atoms with van der Waals surface area (Å²) in [7, 11) is 0. The van der Waals surface area contributed by atoms with Crippen molar-refractivity contribution >= 4 is 15.9 Å². The van der Waals surface area contributed by atoms with Crippen LogP contribution in [0.15, 0.2) is 46.9 Å². The van der Waals surface area contributed by atoms with Gasteiger partial charge in [0.05, 0.1) is 16.1 Å². The molecule has 0 atom stereocenters. The molecule has 0 aliphatic carbocycles. The Morgan fingerprint density at radius 3 is 2.62 bits per heavy atom. The molecular formula is C13H7BrFN. The van der Waals surface area contributed by atoms with Gasteiger partial charge in [-0.3, -0.25) is 0 Å². The molecule has 16 heavy (non-hydrogen) atoms. The van der Waals surface area contributed by atoms with Crippen LogP contribution in [-0.4, -0.2) is 0 Å². The molecule has 0 saturated heterocycles. The summed E-state index contributed by atoms with van der Waals surface area (Å²) in [5.41, 5.74) is 1.72. The molecule has 0 N–H and O–H groups in total. The standard InChI is InChI=1S/C13H7BrFN/c14-12-6-2-5-11(13(12)15)10-4-1-3-9(7-10)8-16/h1-7H. The summed E-state index contributed by atoms with van der Waals surface area (Å²) in [5.74, 6) is -0.308. The number of hydrogen-bond donors (Lipinski definition) is 0. The SMILES string of the molecule is N#Cc1cccc(-c2cccc(Br)c2F)c1. The van der Waals surface area contributed by atoms with E-state index in [2.05, 4.69) is 15.9 Å². The van der Waals surface area contributed by atoms with Crippen LogP contribution in [0.5, 0.6) is 0 Å². The predicted octanol–water partition coefficient (Wildman–Crippen LogP) is 4.13. The van der Waals surface area contributed by atoms with Crippen LogP contribution in [0.2, 0.25) is 0 Å². The van der Waals surface area contributed by atoms with Crippen LogP contribution < -0.4 is 0 Å². The van der Waals surface area contributed by atoms with Crippen molar-refractivity contribution in [3.63, 3.8) is 0 Å². The lowest BCUT2D eigenvalue weighted by molar-refractivity contribution is 0.624. The quantitative estimate of drug-likeness (QED) is 0.768. The van der Waals surface area contributed by atoms with E-state index >= 15 is 0 Å². The van der Waals surface area contributed by atoms with Crippen LogP contribution in [0.25, 0.3) is 11.1 Å². The second kappa shape index (κ2) is 4.46. The summed E-state index contributed by atoms with van der Waals surface area (Å²) >= 11 is 3.14. The molecule has 0 fully saturated rings. The molecule has 2 aromatic rings. The third-order valence-corrected chi connectivity index (χ3v) is 2.87. The Kier molecular flexibility index (Phi) is 3.02. The third-order valence-electron chi connectivity index (χ3n) is 2.25. The fourth-order valence-electron chi connectivity index (χ4n) is 1.48. The molecule has 0 spiro atoms. The molecule has 2 aromatic carbocycles. The summed E-state index contributed by atoms with van der Waals surface area (Å²) in [6.07, 6.45) is 0. The molecule has 0 aliphatic rings. The van der Waals surface area contributed by atoms with Gasteiger partial charge in [-0.2, -0.15) is 5.26 Å². The normalized spacial score (nSPS) is 9.81. The van der Waals surface area contributed by atoms with Crippen molar-refractivity contribution in [3.8, 4) is 17.2 Å². The second-order valence-corrected chi connectivity index (χ2v) is 4.15. The molecule has 0 aromatic heterocycles. The summed E-state index contributed by atoms with van der Waals surface area (Å²) in [5, 5.41) is 8.78. The van der Waals surface area contributed by atoms with Gasteiger partial charge >= 0.3 is 0 Å². The number of benzene rings is 2. The molecule has 78 valence electrons. The first kappa shape index (κ1) is 10.8. The topological polar surface area (TPSA) is 23.8 Å². The second-order valence-electron chi connectivity index (χ2n) is 3.29. The summed E-state index contributed by atoms with van der Waals surface area (Å²) < 4.78 is 14.2. The highest BCUT2D eigenvalue weighted by molar-refractivity contribution is 9.10. The number of rotatable bonds is 1. The van der Waals surface area contributed by atoms with E-state index in [0.29, 0.717) is 21.2 Å². The number of nitrogens with zero attached hydrogens (tertiary/aromatic N) is 1. The lowest BCUT2D eigenvalue weighted by atomic mass is 10.0. The van der Waals surface area contributed by atoms with Crippen molar-refractivity contribution in [1.29, 1.82) is 5.26 Å². The Hall–Kier alpha value is -1.66. The Morgan fingerprint density at radius 1 is 1.12 bits per heavy atom. The molecule has 0 saturated carbocycles. The Bertz CT molecular complexity index is 572. The van der Waals surface area contributed by atoms with Crippen molar-refractivity contribution in [2.45, 2.75) is 0 Å². The Morgan fingerprint density at radius 2 is 1.88 bits per heavy atom. The van der Waals surface area contributed by atoms with E-state index in [9.17, 15) is 4.39 Å². The van der Waals surface area contributed by atoms with Crippen LogP contribution in [0.1, 0.15) is 5.56 Å². The van der Waals surface area contributed by atoms with E-state index in [4.69, 9.17) is 5.26 Å². The Balaban J connectivity index is 2.59. The Labute approximate surface area is 101 Å². The maximum absolute atomic E-state index is 13.8. The van der Waals surface area contributed by atoms with Gasteiger partial charge in [0, 0.05) is 5.56 Å². The maximum Gasteiger partial charge on any atom is 0.145 e. The first-order valence-electron chi connectivity index (χ1n) is 4.67. The predicted molar refractivity (Wildman–Crippen MR) is 64.3 cm³/mol. The summed E-state index contributed by atoms with van der Waals surface area (Å²) in [6, 6.07) is 14.0. The molecule has 0 aliphatic heterocycles. The lowest BCUT2D eigenvalue weighted by Crippen LogP contribution is -1.86. The molecule has 2 rings (SSSR count). The lowest BCUT2D eigenvalue weighted by Gasteiger charge is -2.04. The highest BCUT2D eigenvalue weighted by Gasteiger charge is 2.08. The maximum atomic E-state index is 13.8. The van der Waals surface area contributed by atoms with Crippen LogP contribution in [-0.2, 0) is 0 Å². The third kappa shape index (κ3) is 1.98. The summed E-state index contributed by atoms with van der Waals surface area (Å²) in [4.78, 5) is 0. The highest BCUT2D eigenvalue weighted by atomic mass is 79.9. The minimum atomic E-state index is -0.308. The van der Waals surface area contributed by atoms with Crippen molar-refractivity contribution in [2.24, 2.45) is 0 Å². The van der Waals surface area contributed by atoms with Crippen molar-refractivity contribution in [3.05, 3.63) is 58.3 Å². The zero-order chi connectivity index (χ0) is 11.5. The van der Waals surface area contributed by atoms with Gasteiger partial charge in [0.2, 0.25) is 0 Å². The zero-order valence-electron chi connectivity index (χ0n) is 8.24. The van der Waals surface area contributed by atoms with Crippen LogP contribution >= 0.6 is 15.9 Å². The van der Waals surface area contributed by atoms with Gasteiger partial charge in [-0.25, -0.2) is 4.39 Å². The number of nitriles is 1. The molecular weight excluding hydrogens is 269 g/mol. The largest absolute Gasteiger partial charge is 0.205 e. The van der Waals surface area contributed by atoms with E-state index in [1.807, 2.05) is 6.07 Å². The highest BCUT2D eigenvalue weighted by Crippen LogP contribution is 2.28. The molecule has 0 amide bonds. The fourth-order valence-corrected chi connectivity index (χ4v) is 1.85. The van der Waals surface area contributed by atoms with Gasteiger partial charge in [0.25, 0.3) is 0 Å². The van der Waals surface area contributed by atoms with Crippen molar-refractivity contribution in [1.82, 2.24) is 0 Å². The van der Waals surface area contributed by atoms with Gasteiger partial charge in [-0.15, -0.1) is 0 Å². The smallest absolute Gasteiger partial charge is 0.145 e. The van der Waals surface area contributed by atoms with Crippen LogP contribution in [0, 0.1) is 17.1 Å². The number of hydrogen-bond acceptors (Lipinski definition) is 1. The van der Waals surface area contributed by atoms with E-state index in [-0.39, 0.29) is 5.82 Å². The molecule has 0 bridgehead atoms. The first-order valence-corrected chi connectivity index (χ1v) is 5.46. The van der Waals surface area contributed by atoms with Gasteiger partial charge in [-0.1, -0.05) is 24.3 Å². The minimum absolute atomic E-state index is 0.308. The van der Waals surface area contributed by atoms with E-state index in [0.717, 1.165) is 0 Å². The van der Waals surface area contributed by atoms with E-state index in [1.165, 1.54) is 0 Å². The number of halogens is 2. The van der Waals surface area contributed by atoms with Crippen molar-refractivity contribution < 1.29 is 4.39 Å². The average molecular weight is 276 g/mol. The van der Waals surface area contributed by atoms with Gasteiger partial charge in [0.1, 0.15) is 5.82 Å². The zero-order valence-corrected chi connectivity index (χ0v) is 9.83. The fraction of sp³-hybridized carbons (Fsp3) is 0. The molecule has 1 nitrogen and oxygen atoms in total. The van der Waals surface area contributed by atoms with E-state index < -0.39 is 0 Å². The van der Waals surface area contributed by atoms with E-state index in [1.54, 1.807) is 42.5 Å². The monoisotopic (exact) mass is 275 g/mol. The van der Waals surface area contributed by atoms with Crippen molar-refractivity contribution in [2.75, 3.05) is 0 Å². The summed E-state index contributed by atoms with van der Waals surface area (Å²) in [6.45, 7) is 0. The van der Waals surface area contributed by atoms with Gasteiger partial charge in [0.15, 0.2) is 0 Å². The molecule has 3 heteroatoms.